The molecule has 3 rings (SSSR count). The van der Waals surface area contributed by atoms with Gasteiger partial charge in [-0.05, 0) is 42.3 Å². The predicted molar refractivity (Wildman–Crippen MR) is 82.0 cm³/mol. The lowest BCUT2D eigenvalue weighted by atomic mass is 9.97. The summed E-state index contributed by atoms with van der Waals surface area (Å²) >= 11 is 0. The number of carbonyl (C=O) groups excluding carboxylic acids is 1. The molecule has 1 aliphatic rings. The second kappa shape index (κ2) is 6.10. The van der Waals surface area contributed by atoms with E-state index in [1.165, 1.54) is 11.1 Å². The Morgan fingerprint density at radius 2 is 1.95 bits per heavy atom. The van der Waals surface area contributed by atoms with Crippen LogP contribution in [0.1, 0.15) is 27.0 Å². The zero-order valence-electron chi connectivity index (χ0n) is 12.2. The Bertz CT molecular complexity index is 637. The molecule has 0 spiro atoms. The molecule has 0 amide bonds. The van der Waals surface area contributed by atoms with Crippen molar-refractivity contribution in [2.24, 2.45) is 0 Å². The average Bonchev–Trinajstić information content (AvgIpc) is 2.53. The zero-order chi connectivity index (χ0) is 14.7. The first-order chi connectivity index (χ1) is 10.2. The molecule has 0 N–H and O–H groups in total. The van der Waals surface area contributed by atoms with Crippen LogP contribution in [0.15, 0.2) is 48.5 Å². The Hall–Kier alpha value is -2.13. The number of nitrogens with zero attached hydrogens (tertiary/aromatic N) is 1. The lowest BCUT2D eigenvalue weighted by Crippen LogP contribution is -2.26. The standard InChI is InChI=1S/C18H19NO2/c1-19-10-9-15-11-16(7-8-17(15)12-19)18(20)21-13-14-5-3-2-4-6-14/h2-8,11H,9-10,12-13H2,1H3. The highest BCUT2D eigenvalue weighted by molar-refractivity contribution is 5.89. The van der Waals surface area contributed by atoms with Gasteiger partial charge in [0.15, 0.2) is 0 Å². The van der Waals surface area contributed by atoms with E-state index in [4.69, 9.17) is 4.74 Å². The van der Waals surface area contributed by atoms with Gasteiger partial charge in [-0.1, -0.05) is 36.4 Å². The first-order valence-corrected chi connectivity index (χ1v) is 7.24. The minimum Gasteiger partial charge on any atom is -0.457 e. The van der Waals surface area contributed by atoms with Crippen LogP contribution in [0.2, 0.25) is 0 Å². The summed E-state index contributed by atoms with van der Waals surface area (Å²) in [6, 6.07) is 15.6. The maximum Gasteiger partial charge on any atom is 0.338 e. The maximum atomic E-state index is 12.1. The highest BCUT2D eigenvalue weighted by Gasteiger charge is 2.16. The van der Waals surface area contributed by atoms with Crippen LogP contribution >= 0.6 is 0 Å². The minimum absolute atomic E-state index is 0.249. The van der Waals surface area contributed by atoms with E-state index >= 15 is 0 Å². The van der Waals surface area contributed by atoms with Crippen LogP contribution in [0.5, 0.6) is 0 Å². The van der Waals surface area contributed by atoms with Crippen molar-refractivity contribution in [2.45, 2.75) is 19.6 Å². The topological polar surface area (TPSA) is 29.5 Å². The number of benzene rings is 2. The molecule has 2 aromatic carbocycles. The summed E-state index contributed by atoms with van der Waals surface area (Å²) in [5.74, 6) is -0.249. The van der Waals surface area contributed by atoms with Gasteiger partial charge < -0.3 is 9.64 Å². The summed E-state index contributed by atoms with van der Waals surface area (Å²) in [6.45, 7) is 2.31. The molecule has 1 aliphatic heterocycles. The first kappa shape index (κ1) is 13.8. The Labute approximate surface area is 125 Å². The van der Waals surface area contributed by atoms with Crippen LogP contribution in [-0.4, -0.2) is 24.5 Å². The Morgan fingerprint density at radius 1 is 1.14 bits per heavy atom. The van der Waals surface area contributed by atoms with Crippen molar-refractivity contribution < 1.29 is 9.53 Å². The van der Waals surface area contributed by atoms with Crippen molar-refractivity contribution >= 4 is 5.97 Å². The van der Waals surface area contributed by atoms with Gasteiger partial charge in [0.05, 0.1) is 5.56 Å². The molecule has 0 unspecified atom stereocenters. The van der Waals surface area contributed by atoms with Gasteiger partial charge in [-0.15, -0.1) is 0 Å². The molecule has 0 saturated carbocycles. The fourth-order valence-corrected chi connectivity index (χ4v) is 2.63. The van der Waals surface area contributed by atoms with Gasteiger partial charge in [0.2, 0.25) is 0 Å². The molecule has 0 bridgehead atoms. The molecule has 0 saturated heterocycles. The molecular formula is C18H19NO2. The summed E-state index contributed by atoms with van der Waals surface area (Å²) in [5, 5.41) is 0. The molecule has 2 aromatic rings. The van der Waals surface area contributed by atoms with Gasteiger partial charge in [0.1, 0.15) is 6.61 Å². The van der Waals surface area contributed by atoms with Gasteiger partial charge in [0.25, 0.3) is 0 Å². The van der Waals surface area contributed by atoms with Crippen LogP contribution in [0, 0.1) is 0 Å². The second-order valence-corrected chi connectivity index (χ2v) is 5.53. The minimum atomic E-state index is -0.249. The zero-order valence-corrected chi connectivity index (χ0v) is 12.2. The van der Waals surface area contributed by atoms with Crippen LogP contribution in [0.3, 0.4) is 0 Å². The lowest BCUT2D eigenvalue weighted by Gasteiger charge is -2.25. The van der Waals surface area contributed by atoms with E-state index in [9.17, 15) is 4.79 Å². The number of ether oxygens (including phenoxy) is 1. The van der Waals surface area contributed by atoms with E-state index in [1.807, 2.05) is 48.5 Å². The highest BCUT2D eigenvalue weighted by Crippen LogP contribution is 2.20. The summed E-state index contributed by atoms with van der Waals surface area (Å²) < 4.78 is 5.38. The summed E-state index contributed by atoms with van der Waals surface area (Å²) in [7, 11) is 2.12. The quantitative estimate of drug-likeness (QED) is 0.810. The lowest BCUT2D eigenvalue weighted by molar-refractivity contribution is 0.0472. The van der Waals surface area contributed by atoms with E-state index in [2.05, 4.69) is 11.9 Å². The summed E-state index contributed by atoms with van der Waals surface area (Å²) in [6.07, 6.45) is 0.992. The van der Waals surface area contributed by atoms with Crippen molar-refractivity contribution in [2.75, 3.05) is 13.6 Å². The summed E-state index contributed by atoms with van der Waals surface area (Å²) in [4.78, 5) is 14.4. The SMILES string of the molecule is CN1CCc2cc(C(=O)OCc3ccccc3)ccc2C1. The molecule has 21 heavy (non-hydrogen) atoms. The van der Waals surface area contributed by atoms with Crippen LogP contribution in [-0.2, 0) is 24.3 Å². The van der Waals surface area contributed by atoms with E-state index in [1.54, 1.807) is 0 Å². The first-order valence-electron chi connectivity index (χ1n) is 7.24. The number of likely N-dealkylation sites (N-methyl/N-ethyl adjacent to an activating group) is 1. The maximum absolute atomic E-state index is 12.1. The highest BCUT2D eigenvalue weighted by atomic mass is 16.5. The molecular weight excluding hydrogens is 262 g/mol. The fourth-order valence-electron chi connectivity index (χ4n) is 2.63. The van der Waals surface area contributed by atoms with Crippen molar-refractivity contribution in [3.8, 4) is 0 Å². The number of fused-ring (bicyclic) bond motifs is 1. The normalized spacial score (nSPS) is 14.5. The molecule has 0 atom stereocenters. The second-order valence-electron chi connectivity index (χ2n) is 5.53. The number of hydrogen-bond donors (Lipinski definition) is 0. The molecule has 3 nitrogen and oxygen atoms in total. The number of hydrogen-bond acceptors (Lipinski definition) is 3. The van der Waals surface area contributed by atoms with Gasteiger partial charge in [0, 0.05) is 13.1 Å². The molecule has 0 aromatic heterocycles. The largest absolute Gasteiger partial charge is 0.457 e. The van der Waals surface area contributed by atoms with Gasteiger partial charge in [-0.2, -0.15) is 0 Å². The molecule has 0 fully saturated rings. The van der Waals surface area contributed by atoms with E-state index in [0.29, 0.717) is 12.2 Å². The predicted octanol–water partition coefficient (Wildman–Crippen LogP) is 3.03. The smallest absolute Gasteiger partial charge is 0.338 e. The third-order valence-electron chi connectivity index (χ3n) is 3.86. The fraction of sp³-hybridized carbons (Fsp3) is 0.278. The van der Waals surface area contributed by atoms with Gasteiger partial charge in [-0.3, -0.25) is 0 Å². The van der Waals surface area contributed by atoms with E-state index in [-0.39, 0.29) is 5.97 Å². The van der Waals surface area contributed by atoms with Gasteiger partial charge >= 0.3 is 5.97 Å². The Balaban J connectivity index is 1.68. The number of carbonyl (C=O) groups is 1. The monoisotopic (exact) mass is 281 g/mol. The molecule has 108 valence electrons. The van der Waals surface area contributed by atoms with Crippen molar-refractivity contribution in [1.29, 1.82) is 0 Å². The Morgan fingerprint density at radius 3 is 2.76 bits per heavy atom. The van der Waals surface area contributed by atoms with Crippen molar-refractivity contribution in [3.63, 3.8) is 0 Å². The van der Waals surface area contributed by atoms with Crippen LogP contribution in [0.4, 0.5) is 0 Å². The Kier molecular flexibility index (Phi) is 4.02. The van der Waals surface area contributed by atoms with Crippen molar-refractivity contribution in [1.82, 2.24) is 4.90 Å². The molecule has 3 heteroatoms. The van der Waals surface area contributed by atoms with E-state index in [0.717, 1.165) is 25.1 Å². The van der Waals surface area contributed by atoms with E-state index < -0.39 is 0 Å². The number of esters is 1. The van der Waals surface area contributed by atoms with Crippen molar-refractivity contribution in [3.05, 3.63) is 70.8 Å². The summed E-state index contributed by atoms with van der Waals surface area (Å²) in [5.41, 5.74) is 4.23. The molecule has 1 heterocycles. The number of rotatable bonds is 3. The van der Waals surface area contributed by atoms with Gasteiger partial charge in [-0.25, -0.2) is 4.79 Å². The molecule has 0 radical (unpaired) electrons. The third kappa shape index (κ3) is 3.31. The third-order valence-corrected chi connectivity index (χ3v) is 3.86. The van der Waals surface area contributed by atoms with Crippen LogP contribution in [0.25, 0.3) is 0 Å². The molecule has 0 aliphatic carbocycles. The van der Waals surface area contributed by atoms with Crippen LogP contribution < -0.4 is 0 Å². The average molecular weight is 281 g/mol.